The van der Waals surface area contributed by atoms with Gasteiger partial charge in [-0.3, -0.25) is 4.79 Å². The topological polar surface area (TPSA) is 58.4 Å². The lowest BCUT2D eigenvalue weighted by molar-refractivity contribution is -0.128. The average molecular weight is 303 g/mol. The predicted molar refractivity (Wildman–Crippen MR) is 86.3 cm³/mol. The first-order chi connectivity index (χ1) is 10.5. The van der Waals surface area contributed by atoms with Crippen molar-refractivity contribution in [2.45, 2.75) is 46.2 Å². The maximum absolute atomic E-state index is 12.3. The number of aryl methyl sites for hydroxylation is 1. The maximum Gasteiger partial charge on any atom is 0.289 e. The molecule has 0 saturated heterocycles. The van der Waals surface area contributed by atoms with Crippen LogP contribution in [0.15, 0.2) is 42.2 Å². The van der Waals surface area contributed by atoms with E-state index in [-0.39, 0.29) is 17.7 Å². The summed E-state index contributed by atoms with van der Waals surface area (Å²) in [5, 5.41) is 10.1. The van der Waals surface area contributed by atoms with Crippen LogP contribution in [0, 0.1) is 5.92 Å². The third-order valence-electron chi connectivity index (χ3n) is 3.89. The van der Waals surface area contributed by atoms with Crippen LogP contribution in [0.5, 0.6) is 0 Å². The monoisotopic (exact) mass is 303 g/mol. The number of amides is 1. The second-order valence-corrected chi connectivity index (χ2v) is 5.95. The highest BCUT2D eigenvalue weighted by Gasteiger charge is 2.36. The number of aliphatic hydroxyl groups is 1. The molecule has 0 saturated carbocycles. The molecule has 1 aliphatic rings. The number of imidazole rings is 1. The first-order valence-corrected chi connectivity index (χ1v) is 7.91. The Hall–Kier alpha value is -2.04. The molecule has 2 rings (SSSR count). The fraction of sp³-hybridized carbons (Fsp3) is 0.529. The van der Waals surface area contributed by atoms with Gasteiger partial charge < -0.3 is 14.6 Å². The van der Waals surface area contributed by atoms with E-state index in [1.54, 1.807) is 17.4 Å². The van der Waals surface area contributed by atoms with Gasteiger partial charge in [0.05, 0.1) is 12.4 Å². The van der Waals surface area contributed by atoms with Crippen molar-refractivity contribution in [2.75, 3.05) is 6.54 Å². The molecular weight excluding hydrogens is 278 g/mol. The third-order valence-corrected chi connectivity index (χ3v) is 3.89. The summed E-state index contributed by atoms with van der Waals surface area (Å²) in [4.78, 5) is 18.1. The van der Waals surface area contributed by atoms with Crippen molar-refractivity contribution in [3.05, 3.63) is 42.2 Å². The van der Waals surface area contributed by atoms with Gasteiger partial charge in [-0.25, -0.2) is 4.98 Å². The minimum atomic E-state index is -0.249. The summed E-state index contributed by atoms with van der Waals surface area (Å²) >= 11 is 0. The minimum absolute atomic E-state index is 0.0662. The molecule has 5 nitrogen and oxygen atoms in total. The number of aliphatic hydroxyl groups excluding tert-OH is 1. The molecule has 120 valence electrons. The fourth-order valence-electron chi connectivity index (χ4n) is 2.74. The van der Waals surface area contributed by atoms with Gasteiger partial charge in [0.15, 0.2) is 5.76 Å². The summed E-state index contributed by atoms with van der Waals surface area (Å²) < 4.78 is 1.99. The molecule has 1 N–H and O–H groups in total. The van der Waals surface area contributed by atoms with Gasteiger partial charge in [0.1, 0.15) is 0 Å². The van der Waals surface area contributed by atoms with E-state index in [4.69, 9.17) is 0 Å². The molecule has 0 aliphatic carbocycles. The van der Waals surface area contributed by atoms with Gasteiger partial charge in [0.2, 0.25) is 0 Å². The number of hydrogen-bond acceptors (Lipinski definition) is 3. The lowest BCUT2D eigenvalue weighted by Crippen LogP contribution is -2.35. The Morgan fingerprint density at radius 1 is 1.41 bits per heavy atom. The van der Waals surface area contributed by atoms with E-state index >= 15 is 0 Å². The number of aromatic nitrogens is 2. The van der Waals surface area contributed by atoms with Crippen LogP contribution in [-0.2, 0) is 11.3 Å². The zero-order valence-electron chi connectivity index (χ0n) is 13.6. The zero-order chi connectivity index (χ0) is 16.1. The van der Waals surface area contributed by atoms with Gasteiger partial charge >= 0.3 is 0 Å². The molecule has 0 fully saturated rings. The second-order valence-electron chi connectivity index (χ2n) is 5.95. The Balaban J connectivity index is 2.05. The molecule has 1 aromatic heterocycles. The van der Waals surface area contributed by atoms with Crippen molar-refractivity contribution in [3.8, 4) is 0 Å². The van der Waals surface area contributed by atoms with Crippen molar-refractivity contribution in [1.82, 2.24) is 14.5 Å². The molecule has 1 atom stereocenters. The molecule has 1 aromatic rings. The number of carbonyl (C=O) groups is 1. The molecule has 0 radical (unpaired) electrons. The first kappa shape index (κ1) is 16.3. The Bertz CT molecular complexity index is 558. The molecule has 0 spiro atoms. The normalized spacial score (nSPS) is 19.2. The molecule has 5 heteroatoms. The van der Waals surface area contributed by atoms with Gasteiger partial charge in [-0.2, -0.15) is 0 Å². The van der Waals surface area contributed by atoms with Crippen molar-refractivity contribution in [1.29, 1.82) is 0 Å². The Morgan fingerprint density at radius 2 is 2.18 bits per heavy atom. The molecule has 1 amide bonds. The molecule has 22 heavy (non-hydrogen) atoms. The summed E-state index contributed by atoms with van der Waals surface area (Å²) in [6.07, 6.45) is 11.1. The average Bonchev–Trinajstić information content (AvgIpc) is 3.07. The van der Waals surface area contributed by atoms with Gasteiger partial charge in [0.25, 0.3) is 5.91 Å². The highest BCUT2D eigenvalue weighted by molar-refractivity contribution is 5.95. The summed E-state index contributed by atoms with van der Waals surface area (Å²) in [7, 11) is 0. The van der Waals surface area contributed by atoms with E-state index in [9.17, 15) is 9.90 Å². The largest absolute Gasteiger partial charge is 0.503 e. The Labute approximate surface area is 132 Å². The van der Waals surface area contributed by atoms with E-state index in [1.165, 1.54) is 0 Å². The van der Waals surface area contributed by atoms with Crippen LogP contribution in [0.4, 0.5) is 0 Å². The number of rotatable bonds is 7. The Kier molecular flexibility index (Phi) is 5.41. The van der Waals surface area contributed by atoms with Gasteiger partial charge in [-0.15, -0.1) is 0 Å². The highest BCUT2D eigenvalue weighted by Crippen LogP contribution is 2.28. The van der Waals surface area contributed by atoms with Crippen molar-refractivity contribution in [3.63, 3.8) is 0 Å². The fourth-order valence-corrected chi connectivity index (χ4v) is 2.74. The van der Waals surface area contributed by atoms with Crippen LogP contribution in [-0.4, -0.2) is 38.1 Å². The molecular formula is C17H25N3O2. The van der Waals surface area contributed by atoms with Gasteiger partial charge in [-0.05, 0) is 18.8 Å². The summed E-state index contributed by atoms with van der Waals surface area (Å²) in [5.74, 6) is 0.105. The molecule has 0 bridgehead atoms. The van der Waals surface area contributed by atoms with Crippen LogP contribution in [0.3, 0.4) is 0 Å². The Morgan fingerprint density at radius 3 is 2.77 bits per heavy atom. The molecule has 2 heterocycles. The van der Waals surface area contributed by atoms with Crippen LogP contribution in [0.1, 0.15) is 33.6 Å². The number of nitrogens with zero attached hydrogens (tertiary/aromatic N) is 3. The molecule has 1 unspecified atom stereocenters. The van der Waals surface area contributed by atoms with E-state index in [0.717, 1.165) is 18.5 Å². The maximum atomic E-state index is 12.3. The number of hydrogen-bond donors (Lipinski definition) is 1. The summed E-state index contributed by atoms with van der Waals surface area (Å²) in [5.41, 5.74) is 0.824. The third kappa shape index (κ3) is 3.59. The second kappa shape index (κ2) is 7.29. The highest BCUT2D eigenvalue weighted by atomic mass is 16.3. The minimum Gasteiger partial charge on any atom is -0.503 e. The smallest absolute Gasteiger partial charge is 0.289 e. The van der Waals surface area contributed by atoms with E-state index in [1.807, 2.05) is 23.8 Å². The lowest BCUT2D eigenvalue weighted by Gasteiger charge is -2.24. The number of carbonyl (C=O) groups excluding carboxylic acids is 1. The first-order valence-electron chi connectivity index (χ1n) is 7.91. The van der Waals surface area contributed by atoms with E-state index in [0.29, 0.717) is 18.9 Å². The molecule has 1 aliphatic heterocycles. The zero-order valence-corrected chi connectivity index (χ0v) is 13.6. The standard InChI is InChI=1S/C17H25N3O2/c1-4-14-15(7-6-13(2)3)20(17(22)16(14)21)10-5-9-19-11-8-18-12-19/h6-8,11-13,15,21H,4-5,9-10H2,1-3H3/b7-6+. The van der Waals surface area contributed by atoms with Gasteiger partial charge in [0, 0.05) is 31.1 Å². The van der Waals surface area contributed by atoms with Crippen LogP contribution < -0.4 is 0 Å². The predicted octanol–water partition coefficient (Wildman–Crippen LogP) is 2.92. The summed E-state index contributed by atoms with van der Waals surface area (Å²) in [6, 6.07) is -0.109. The molecule has 0 aromatic carbocycles. The van der Waals surface area contributed by atoms with E-state index < -0.39 is 0 Å². The van der Waals surface area contributed by atoms with Crippen molar-refractivity contribution >= 4 is 5.91 Å². The number of allylic oxidation sites excluding steroid dienone is 1. The van der Waals surface area contributed by atoms with Crippen LogP contribution in [0.25, 0.3) is 0 Å². The van der Waals surface area contributed by atoms with E-state index in [2.05, 4.69) is 24.9 Å². The van der Waals surface area contributed by atoms with Crippen molar-refractivity contribution < 1.29 is 9.90 Å². The summed E-state index contributed by atoms with van der Waals surface area (Å²) in [6.45, 7) is 7.62. The quantitative estimate of drug-likeness (QED) is 0.788. The van der Waals surface area contributed by atoms with Crippen molar-refractivity contribution in [2.24, 2.45) is 5.92 Å². The van der Waals surface area contributed by atoms with Crippen LogP contribution >= 0.6 is 0 Å². The lowest BCUT2D eigenvalue weighted by atomic mass is 10.0. The van der Waals surface area contributed by atoms with Gasteiger partial charge in [-0.1, -0.05) is 32.9 Å². The van der Waals surface area contributed by atoms with Crippen LogP contribution in [0.2, 0.25) is 0 Å². The SMILES string of the molecule is CCC1=C(O)C(=O)N(CCCn2ccnc2)C1/C=C/C(C)C.